The third-order valence-electron chi connectivity index (χ3n) is 3.11. The largest absolute Gasteiger partial charge is 0.466 e. The molecular weight excluding hydrogens is 224 g/mol. The van der Waals surface area contributed by atoms with Crippen molar-refractivity contribution in [3.8, 4) is 0 Å². The molecule has 1 unspecified atom stereocenters. The maximum atomic E-state index is 5.55. The van der Waals surface area contributed by atoms with Crippen LogP contribution in [0.2, 0.25) is 0 Å². The highest BCUT2D eigenvalue weighted by Crippen LogP contribution is 2.21. The van der Waals surface area contributed by atoms with Crippen LogP contribution in [-0.4, -0.2) is 4.98 Å². The summed E-state index contributed by atoms with van der Waals surface area (Å²) in [7, 11) is 0. The Labute approximate surface area is 108 Å². The maximum Gasteiger partial charge on any atom is 0.105 e. The Bertz CT molecular complexity index is 514. The Morgan fingerprint density at radius 3 is 2.61 bits per heavy atom. The van der Waals surface area contributed by atoms with Gasteiger partial charge in [0.1, 0.15) is 11.5 Å². The summed E-state index contributed by atoms with van der Waals surface area (Å²) in [6, 6.07) is 6.51. The van der Waals surface area contributed by atoms with Gasteiger partial charge >= 0.3 is 0 Å². The smallest absolute Gasteiger partial charge is 0.105 e. The fraction of sp³-hybridized carbons (Fsp3) is 0.400. The van der Waals surface area contributed by atoms with E-state index in [1.165, 1.54) is 11.1 Å². The van der Waals surface area contributed by atoms with E-state index in [0.29, 0.717) is 0 Å². The molecule has 0 bridgehead atoms. The summed E-state index contributed by atoms with van der Waals surface area (Å²) >= 11 is 0. The topological polar surface area (TPSA) is 38.1 Å². The number of pyridine rings is 1. The van der Waals surface area contributed by atoms with Gasteiger partial charge in [-0.1, -0.05) is 6.07 Å². The average Bonchev–Trinajstić information content (AvgIpc) is 2.67. The average molecular weight is 244 g/mol. The molecule has 0 saturated carbocycles. The number of nitrogens with zero attached hydrogens (tertiary/aromatic N) is 1. The predicted molar refractivity (Wildman–Crippen MR) is 72.4 cm³/mol. The summed E-state index contributed by atoms with van der Waals surface area (Å²) in [6.45, 7) is 8.94. The van der Waals surface area contributed by atoms with Crippen LogP contribution < -0.4 is 5.32 Å². The summed E-state index contributed by atoms with van der Waals surface area (Å²) in [6.07, 6.45) is 1.90. The second kappa shape index (κ2) is 5.36. The number of furan rings is 1. The summed E-state index contributed by atoms with van der Waals surface area (Å²) < 4.78 is 5.55. The van der Waals surface area contributed by atoms with Crippen LogP contribution in [0.4, 0.5) is 0 Å². The van der Waals surface area contributed by atoms with Gasteiger partial charge in [-0.05, 0) is 45.4 Å². The summed E-state index contributed by atoms with van der Waals surface area (Å²) in [5.41, 5.74) is 3.47. The van der Waals surface area contributed by atoms with Crippen molar-refractivity contribution in [3.05, 3.63) is 52.7 Å². The number of aryl methyl sites for hydroxylation is 3. The third kappa shape index (κ3) is 2.99. The SMILES string of the molecule is Cc1ccc(CNC(C)c2cc(C)oc2C)nc1. The van der Waals surface area contributed by atoms with Gasteiger partial charge in [-0.2, -0.15) is 0 Å². The van der Waals surface area contributed by atoms with E-state index >= 15 is 0 Å². The molecule has 96 valence electrons. The van der Waals surface area contributed by atoms with Crippen molar-refractivity contribution in [2.45, 2.75) is 40.3 Å². The molecule has 1 atom stereocenters. The molecule has 0 amide bonds. The van der Waals surface area contributed by atoms with Gasteiger partial charge < -0.3 is 9.73 Å². The molecule has 0 aliphatic carbocycles. The van der Waals surface area contributed by atoms with E-state index in [1.807, 2.05) is 27.0 Å². The molecule has 2 heterocycles. The van der Waals surface area contributed by atoms with Crippen LogP contribution in [-0.2, 0) is 6.54 Å². The Kier molecular flexibility index (Phi) is 3.82. The van der Waals surface area contributed by atoms with Crippen LogP contribution in [0.5, 0.6) is 0 Å². The summed E-state index contributed by atoms with van der Waals surface area (Å²) in [4.78, 5) is 4.39. The fourth-order valence-electron chi connectivity index (χ4n) is 2.05. The van der Waals surface area contributed by atoms with Gasteiger partial charge in [0, 0.05) is 24.3 Å². The van der Waals surface area contributed by atoms with Crippen molar-refractivity contribution in [2.24, 2.45) is 0 Å². The molecular formula is C15H20N2O. The number of aromatic nitrogens is 1. The molecule has 2 aromatic rings. The van der Waals surface area contributed by atoms with Crippen LogP contribution in [0, 0.1) is 20.8 Å². The molecule has 0 saturated heterocycles. The lowest BCUT2D eigenvalue weighted by Crippen LogP contribution is -2.18. The van der Waals surface area contributed by atoms with E-state index in [2.05, 4.69) is 35.4 Å². The lowest BCUT2D eigenvalue weighted by molar-refractivity contribution is 0.489. The number of rotatable bonds is 4. The van der Waals surface area contributed by atoms with E-state index in [1.54, 1.807) is 0 Å². The van der Waals surface area contributed by atoms with Crippen molar-refractivity contribution in [1.82, 2.24) is 10.3 Å². The van der Waals surface area contributed by atoms with Crippen LogP contribution in [0.15, 0.2) is 28.8 Å². The van der Waals surface area contributed by atoms with E-state index in [0.717, 1.165) is 23.8 Å². The van der Waals surface area contributed by atoms with Gasteiger partial charge in [0.2, 0.25) is 0 Å². The van der Waals surface area contributed by atoms with Crippen molar-refractivity contribution in [2.75, 3.05) is 0 Å². The van der Waals surface area contributed by atoms with Gasteiger partial charge in [0.25, 0.3) is 0 Å². The van der Waals surface area contributed by atoms with Gasteiger partial charge in [0.05, 0.1) is 5.69 Å². The highest BCUT2D eigenvalue weighted by atomic mass is 16.3. The minimum absolute atomic E-state index is 0.269. The highest BCUT2D eigenvalue weighted by molar-refractivity contribution is 5.23. The lowest BCUT2D eigenvalue weighted by Gasteiger charge is -2.12. The van der Waals surface area contributed by atoms with Crippen molar-refractivity contribution in [3.63, 3.8) is 0 Å². The molecule has 3 nitrogen and oxygen atoms in total. The Balaban J connectivity index is 1.98. The van der Waals surface area contributed by atoms with Crippen LogP contribution in [0.3, 0.4) is 0 Å². The van der Waals surface area contributed by atoms with Gasteiger partial charge in [0.15, 0.2) is 0 Å². The third-order valence-corrected chi connectivity index (χ3v) is 3.11. The van der Waals surface area contributed by atoms with Crippen LogP contribution >= 0.6 is 0 Å². The summed E-state index contributed by atoms with van der Waals surface area (Å²) in [5.74, 6) is 1.95. The Morgan fingerprint density at radius 1 is 1.28 bits per heavy atom. The zero-order chi connectivity index (χ0) is 13.1. The number of nitrogens with one attached hydrogen (secondary N) is 1. The Hall–Kier alpha value is -1.61. The fourth-order valence-corrected chi connectivity index (χ4v) is 2.05. The van der Waals surface area contributed by atoms with E-state index in [9.17, 15) is 0 Å². The first-order valence-corrected chi connectivity index (χ1v) is 6.28. The molecule has 0 spiro atoms. The van der Waals surface area contributed by atoms with E-state index in [-0.39, 0.29) is 6.04 Å². The molecule has 2 rings (SSSR count). The predicted octanol–water partition coefficient (Wildman–Crippen LogP) is 3.45. The Morgan fingerprint density at radius 2 is 2.06 bits per heavy atom. The first kappa shape index (κ1) is 12.8. The molecule has 18 heavy (non-hydrogen) atoms. The van der Waals surface area contributed by atoms with Crippen LogP contribution in [0.1, 0.15) is 41.3 Å². The molecule has 2 aromatic heterocycles. The zero-order valence-electron chi connectivity index (χ0n) is 11.4. The molecule has 0 aromatic carbocycles. The summed E-state index contributed by atoms with van der Waals surface area (Å²) in [5, 5.41) is 3.47. The zero-order valence-corrected chi connectivity index (χ0v) is 11.4. The monoisotopic (exact) mass is 244 g/mol. The van der Waals surface area contributed by atoms with Crippen molar-refractivity contribution in [1.29, 1.82) is 0 Å². The minimum Gasteiger partial charge on any atom is -0.466 e. The molecule has 0 radical (unpaired) electrons. The quantitative estimate of drug-likeness (QED) is 0.895. The molecule has 0 fully saturated rings. The first-order valence-electron chi connectivity index (χ1n) is 6.28. The lowest BCUT2D eigenvalue weighted by atomic mass is 10.1. The molecule has 0 aliphatic heterocycles. The van der Waals surface area contributed by atoms with E-state index < -0.39 is 0 Å². The molecule has 1 N–H and O–H groups in total. The highest BCUT2D eigenvalue weighted by Gasteiger charge is 2.12. The normalized spacial score (nSPS) is 12.7. The standard InChI is InChI=1S/C15H20N2O/c1-10-5-6-14(17-8-10)9-16-12(3)15-7-11(2)18-13(15)4/h5-8,12,16H,9H2,1-4H3. The number of hydrogen-bond acceptors (Lipinski definition) is 3. The second-order valence-corrected chi connectivity index (χ2v) is 4.80. The second-order valence-electron chi connectivity index (χ2n) is 4.80. The maximum absolute atomic E-state index is 5.55. The first-order chi connectivity index (χ1) is 8.56. The van der Waals surface area contributed by atoms with Crippen molar-refractivity contribution < 1.29 is 4.42 Å². The van der Waals surface area contributed by atoms with Crippen LogP contribution in [0.25, 0.3) is 0 Å². The van der Waals surface area contributed by atoms with Gasteiger partial charge in [-0.15, -0.1) is 0 Å². The van der Waals surface area contributed by atoms with E-state index in [4.69, 9.17) is 4.42 Å². The van der Waals surface area contributed by atoms with Gasteiger partial charge in [-0.3, -0.25) is 4.98 Å². The number of hydrogen-bond donors (Lipinski definition) is 1. The minimum atomic E-state index is 0.269. The van der Waals surface area contributed by atoms with Crippen molar-refractivity contribution >= 4 is 0 Å². The van der Waals surface area contributed by atoms with Gasteiger partial charge in [-0.25, -0.2) is 0 Å². The molecule has 3 heteroatoms. The molecule has 0 aliphatic rings.